The molecule has 1 aliphatic heterocycles. The molecule has 1 aliphatic rings. The summed E-state index contributed by atoms with van der Waals surface area (Å²) in [6.45, 7) is 6.65. The molecule has 0 saturated carbocycles. The van der Waals surface area contributed by atoms with Gasteiger partial charge in [0.2, 0.25) is 0 Å². The van der Waals surface area contributed by atoms with E-state index in [9.17, 15) is 4.79 Å². The fraction of sp³-hybridized carbons (Fsp3) is 0.562. The van der Waals surface area contributed by atoms with Gasteiger partial charge in [0, 0.05) is 17.9 Å². The van der Waals surface area contributed by atoms with E-state index in [4.69, 9.17) is 9.47 Å². The van der Waals surface area contributed by atoms with E-state index in [2.05, 4.69) is 19.9 Å². The highest BCUT2D eigenvalue weighted by molar-refractivity contribution is 8.00. The Bertz CT molecular complexity index is 473. The average Bonchev–Trinajstić information content (AvgIpc) is 2.77. The van der Waals surface area contributed by atoms with Crippen LogP contribution in [0, 0.1) is 5.92 Å². The Morgan fingerprint density at radius 2 is 2.10 bits per heavy atom. The Balaban J connectivity index is 2.24. The van der Waals surface area contributed by atoms with E-state index in [1.165, 1.54) is 0 Å². The van der Waals surface area contributed by atoms with Crippen molar-refractivity contribution in [2.24, 2.45) is 5.92 Å². The molecular weight excluding hydrogens is 272 g/mol. The summed E-state index contributed by atoms with van der Waals surface area (Å²) in [6.07, 6.45) is -0.379. The van der Waals surface area contributed by atoms with Gasteiger partial charge in [0.25, 0.3) is 0 Å². The third kappa shape index (κ3) is 3.18. The molecule has 0 bridgehead atoms. The highest BCUT2D eigenvalue weighted by Gasteiger charge is 2.39. The van der Waals surface area contributed by atoms with E-state index in [0.717, 1.165) is 11.3 Å². The fourth-order valence-electron chi connectivity index (χ4n) is 2.37. The monoisotopic (exact) mass is 294 g/mol. The van der Waals surface area contributed by atoms with Gasteiger partial charge in [0.15, 0.2) is 11.9 Å². The number of hydrogen-bond acceptors (Lipinski definition) is 4. The molecule has 0 aromatic heterocycles. The number of fused-ring (bicyclic) bond motifs is 1. The van der Waals surface area contributed by atoms with Crippen molar-refractivity contribution in [3.63, 3.8) is 0 Å². The second-order valence-electron chi connectivity index (χ2n) is 5.48. The standard InChI is InChI=1S/C16H22O3S/c1-10(2)14(9-18-4)20-16-12-7-5-6-8-13(12)19-15(16)11(3)17/h5-8,10,14-16H,9H2,1-4H3. The lowest BCUT2D eigenvalue weighted by Crippen LogP contribution is -2.28. The molecule has 4 heteroatoms. The van der Waals surface area contributed by atoms with Crippen LogP contribution in [0.25, 0.3) is 0 Å². The summed E-state index contributed by atoms with van der Waals surface area (Å²) in [6, 6.07) is 7.93. The third-order valence-corrected chi connectivity index (χ3v) is 5.38. The van der Waals surface area contributed by atoms with Crippen LogP contribution < -0.4 is 4.74 Å². The summed E-state index contributed by atoms with van der Waals surface area (Å²) in [5.74, 6) is 1.41. The number of ether oxygens (including phenoxy) is 2. The maximum atomic E-state index is 11.9. The van der Waals surface area contributed by atoms with Crippen molar-refractivity contribution in [3.8, 4) is 5.75 Å². The Morgan fingerprint density at radius 3 is 2.70 bits per heavy atom. The van der Waals surface area contributed by atoms with Gasteiger partial charge in [-0.2, -0.15) is 0 Å². The van der Waals surface area contributed by atoms with Crippen LogP contribution in [0.3, 0.4) is 0 Å². The summed E-state index contributed by atoms with van der Waals surface area (Å²) in [4.78, 5) is 11.9. The van der Waals surface area contributed by atoms with Crippen LogP contribution >= 0.6 is 11.8 Å². The van der Waals surface area contributed by atoms with Crippen molar-refractivity contribution < 1.29 is 14.3 Å². The summed E-state index contributed by atoms with van der Waals surface area (Å²) in [5.41, 5.74) is 1.12. The smallest absolute Gasteiger partial charge is 0.172 e. The van der Waals surface area contributed by atoms with Gasteiger partial charge >= 0.3 is 0 Å². The number of carbonyl (C=O) groups excluding carboxylic acids is 1. The average molecular weight is 294 g/mol. The molecule has 1 heterocycles. The molecule has 1 aromatic carbocycles. The summed E-state index contributed by atoms with van der Waals surface area (Å²) >= 11 is 1.79. The zero-order chi connectivity index (χ0) is 14.7. The number of benzene rings is 1. The van der Waals surface area contributed by atoms with Gasteiger partial charge < -0.3 is 9.47 Å². The van der Waals surface area contributed by atoms with Gasteiger partial charge in [-0.25, -0.2) is 0 Å². The first kappa shape index (κ1) is 15.4. The predicted octanol–water partition coefficient (Wildman–Crippen LogP) is 3.48. The van der Waals surface area contributed by atoms with Crippen molar-refractivity contribution in [2.45, 2.75) is 37.4 Å². The number of hydrogen-bond donors (Lipinski definition) is 0. The second kappa shape index (κ2) is 6.64. The first-order valence-electron chi connectivity index (χ1n) is 6.95. The number of para-hydroxylation sites is 1. The lowest BCUT2D eigenvalue weighted by molar-refractivity contribution is -0.122. The Labute approximate surface area is 125 Å². The van der Waals surface area contributed by atoms with Crippen molar-refractivity contribution >= 4 is 17.5 Å². The normalized spacial score (nSPS) is 22.4. The third-order valence-electron chi connectivity index (χ3n) is 3.55. The minimum absolute atomic E-state index is 0.0613. The molecule has 0 fully saturated rings. The largest absolute Gasteiger partial charge is 0.481 e. The van der Waals surface area contributed by atoms with Crippen LogP contribution in [0.4, 0.5) is 0 Å². The van der Waals surface area contributed by atoms with E-state index in [1.807, 2.05) is 18.2 Å². The topological polar surface area (TPSA) is 35.5 Å². The first-order chi connectivity index (χ1) is 9.54. The molecule has 2 rings (SSSR count). The molecule has 0 spiro atoms. The Morgan fingerprint density at radius 1 is 1.40 bits per heavy atom. The quantitative estimate of drug-likeness (QED) is 0.804. The van der Waals surface area contributed by atoms with Crippen LogP contribution in [-0.4, -0.2) is 30.9 Å². The van der Waals surface area contributed by atoms with Gasteiger partial charge in [-0.05, 0) is 18.9 Å². The number of methoxy groups -OCH3 is 1. The van der Waals surface area contributed by atoms with E-state index in [-0.39, 0.29) is 17.1 Å². The zero-order valence-corrected chi connectivity index (χ0v) is 13.3. The van der Waals surface area contributed by atoms with E-state index < -0.39 is 0 Å². The number of rotatable bonds is 6. The molecule has 1 aromatic rings. The summed E-state index contributed by atoms with van der Waals surface area (Å²) in [7, 11) is 1.72. The van der Waals surface area contributed by atoms with E-state index in [0.29, 0.717) is 17.8 Å². The van der Waals surface area contributed by atoms with Crippen molar-refractivity contribution in [3.05, 3.63) is 29.8 Å². The molecule has 0 amide bonds. The molecule has 110 valence electrons. The number of ketones is 1. The molecule has 0 aliphatic carbocycles. The minimum Gasteiger partial charge on any atom is -0.481 e. The molecule has 3 unspecified atom stereocenters. The summed E-state index contributed by atoms with van der Waals surface area (Å²) < 4.78 is 11.1. The molecule has 0 saturated heterocycles. The van der Waals surface area contributed by atoms with Crippen molar-refractivity contribution in [1.29, 1.82) is 0 Å². The Hall–Kier alpha value is -1.00. The minimum atomic E-state index is -0.379. The van der Waals surface area contributed by atoms with Gasteiger partial charge in [-0.15, -0.1) is 11.8 Å². The number of Topliss-reactive ketones (excluding diaryl/α,β-unsaturated/α-hetero) is 1. The van der Waals surface area contributed by atoms with E-state index >= 15 is 0 Å². The lowest BCUT2D eigenvalue weighted by Gasteiger charge is -2.25. The fourth-order valence-corrected chi connectivity index (χ4v) is 4.00. The first-order valence-corrected chi connectivity index (χ1v) is 7.89. The van der Waals surface area contributed by atoms with Crippen LogP contribution in [0.5, 0.6) is 5.75 Å². The van der Waals surface area contributed by atoms with Gasteiger partial charge in [0.1, 0.15) is 5.75 Å². The highest BCUT2D eigenvalue weighted by atomic mass is 32.2. The molecule has 0 radical (unpaired) electrons. The zero-order valence-electron chi connectivity index (χ0n) is 12.5. The molecule has 3 atom stereocenters. The maximum Gasteiger partial charge on any atom is 0.172 e. The van der Waals surface area contributed by atoms with Crippen molar-refractivity contribution in [2.75, 3.05) is 13.7 Å². The number of carbonyl (C=O) groups is 1. The number of thioether (sulfide) groups is 1. The maximum absolute atomic E-state index is 11.9. The Kier molecular flexibility index (Phi) is 5.11. The molecule has 0 N–H and O–H groups in total. The van der Waals surface area contributed by atoms with Crippen molar-refractivity contribution in [1.82, 2.24) is 0 Å². The van der Waals surface area contributed by atoms with Gasteiger partial charge in [-0.1, -0.05) is 32.0 Å². The van der Waals surface area contributed by atoms with Crippen LogP contribution in [0.15, 0.2) is 24.3 Å². The summed E-state index contributed by atoms with van der Waals surface area (Å²) in [5, 5.41) is 0.410. The SMILES string of the molecule is COCC(SC1c2ccccc2OC1C(C)=O)C(C)C. The predicted molar refractivity (Wildman–Crippen MR) is 82.4 cm³/mol. The van der Waals surface area contributed by atoms with Gasteiger partial charge in [-0.3, -0.25) is 4.79 Å². The molecule has 3 nitrogen and oxygen atoms in total. The molecule has 20 heavy (non-hydrogen) atoms. The van der Waals surface area contributed by atoms with Crippen LogP contribution in [0.1, 0.15) is 31.6 Å². The van der Waals surface area contributed by atoms with E-state index in [1.54, 1.807) is 25.8 Å². The van der Waals surface area contributed by atoms with Gasteiger partial charge in [0.05, 0.1) is 11.9 Å². The van der Waals surface area contributed by atoms with Crippen LogP contribution in [0.2, 0.25) is 0 Å². The highest BCUT2D eigenvalue weighted by Crippen LogP contribution is 2.47. The lowest BCUT2D eigenvalue weighted by atomic mass is 10.1. The second-order valence-corrected chi connectivity index (χ2v) is 6.87. The molecular formula is C16H22O3S. The van der Waals surface area contributed by atoms with Crippen LogP contribution in [-0.2, 0) is 9.53 Å².